The molecular weight excluding hydrogens is 511 g/mol. The second kappa shape index (κ2) is 11.8. The van der Waals surface area contributed by atoms with E-state index in [0.29, 0.717) is 24.2 Å². The molecule has 3 aromatic rings. The van der Waals surface area contributed by atoms with E-state index in [1.54, 1.807) is 18.2 Å². The fraction of sp³-hybridized carbons (Fsp3) is 0.321. The molecule has 0 unspecified atom stereocenters. The Bertz CT molecular complexity index is 1500. The molecule has 10 heteroatoms. The molecule has 0 bridgehead atoms. The topological polar surface area (TPSA) is 105 Å². The molecule has 0 saturated carbocycles. The first-order valence-electron chi connectivity index (χ1n) is 12.4. The number of benzene rings is 2. The van der Waals surface area contributed by atoms with E-state index in [2.05, 4.69) is 4.98 Å². The molecule has 1 aliphatic heterocycles. The van der Waals surface area contributed by atoms with E-state index >= 15 is 0 Å². The van der Waals surface area contributed by atoms with Crippen LogP contribution in [0.25, 0.3) is 5.57 Å². The molecule has 0 fully saturated rings. The Kier molecular flexibility index (Phi) is 8.53. The highest BCUT2D eigenvalue weighted by Crippen LogP contribution is 2.28. The van der Waals surface area contributed by atoms with Crippen molar-refractivity contribution in [2.75, 3.05) is 7.11 Å². The molecule has 2 heterocycles. The van der Waals surface area contributed by atoms with Gasteiger partial charge in [-0.15, -0.1) is 0 Å². The van der Waals surface area contributed by atoms with Crippen LogP contribution < -0.4 is 9.74 Å². The summed E-state index contributed by atoms with van der Waals surface area (Å²) < 4.78 is 51.6. The Labute approximate surface area is 220 Å². The van der Waals surface area contributed by atoms with Crippen LogP contribution in [0.5, 0.6) is 5.75 Å². The molecular formula is C28H29FN2O6S. The number of methoxy groups -OCH3 is 1. The average Bonchev–Trinajstić information content (AvgIpc) is 3.09. The molecule has 4 rings (SSSR count). The highest BCUT2D eigenvalue weighted by molar-refractivity contribution is 7.87. The molecule has 38 heavy (non-hydrogen) atoms. The van der Waals surface area contributed by atoms with E-state index in [9.17, 15) is 22.4 Å². The smallest absolute Gasteiger partial charge is 0.339 e. The van der Waals surface area contributed by atoms with Crippen molar-refractivity contribution in [2.45, 2.75) is 56.6 Å². The summed E-state index contributed by atoms with van der Waals surface area (Å²) in [4.78, 5) is 31.6. The van der Waals surface area contributed by atoms with Crippen molar-refractivity contribution in [1.29, 1.82) is 0 Å². The number of halogens is 1. The third-order valence-corrected chi connectivity index (χ3v) is 7.56. The molecule has 0 aliphatic carbocycles. The maximum Gasteiger partial charge on any atom is 0.339 e. The van der Waals surface area contributed by atoms with Crippen molar-refractivity contribution in [3.63, 3.8) is 0 Å². The van der Waals surface area contributed by atoms with E-state index in [1.165, 1.54) is 48.1 Å². The van der Waals surface area contributed by atoms with Gasteiger partial charge in [0.1, 0.15) is 16.5 Å². The zero-order valence-electron chi connectivity index (χ0n) is 21.2. The standard InChI is InChI=1S/C28H29FN2O6S/c1-3-7-20-13-16-22(36-2)18-31-27(20)30-25(24(32)17-12-19-10-14-21(29)15-11-19)26(28(31)33)37-38(34,35)23-8-5-4-6-9-23/h4-6,8-11,13-15,22H,3,7,12,16-18H2,1-2H3/t22-/m0/s1. The zero-order valence-corrected chi connectivity index (χ0v) is 22.0. The number of fused-ring (bicyclic) bond motifs is 1. The van der Waals surface area contributed by atoms with Crippen molar-refractivity contribution < 1.29 is 26.5 Å². The van der Waals surface area contributed by atoms with Crippen LogP contribution in [0.1, 0.15) is 54.5 Å². The average molecular weight is 541 g/mol. The fourth-order valence-corrected chi connectivity index (χ4v) is 5.24. The van der Waals surface area contributed by atoms with E-state index in [0.717, 1.165) is 12.0 Å². The van der Waals surface area contributed by atoms with E-state index in [4.69, 9.17) is 8.92 Å². The van der Waals surface area contributed by atoms with Gasteiger partial charge in [0.15, 0.2) is 11.5 Å². The van der Waals surface area contributed by atoms with Crippen molar-refractivity contribution in [3.8, 4) is 5.75 Å². The number of rotatable bonds is 10. The summed E-state index contributed by atoms with van der Waals surface area (Å²) >= 11 is 0. The number of nitrogens with zero attached hydrogens (tertiary/aromatic N) is 2. The van der Waals surface area contributed by atoms with E-state index < -0.39 is 33.0 Å². The number of aryl methyl sites for hydroxylation is 1. The summed E-state index contributed by atoms with van der Waals surface area (Å²) in [6.45, 7) is 2.10. The fourth-order valence-electron chi connectivity index (χ4n) is 4.29. The largest absolute Gasteiger partial charge is 0.379 e. The number of aromatic nitrogens is 2. The molecule has 1 aliphatic rings. The van der Waals surface area contributed by atoms with Gasteiger partial charge >= 0.3 is 10.1 Å². The second-order valence-corrected chi connectivity index (χ2v) is 10.5. The summed E-state index contributed by atoms with van der Waals surface area (Å²) in [5.41, 5.74) is 0.362. The molecule has 2 aromatic carbocycles. The van der Waals surface area contributed by atoms with Crippen LogP contribution in [0.2, 0.25) is 0 Å². The van der Waals surface area contributed by atoms with Crippen LogP contribution in [0.15, 0.2) is 70.4 Å². The molecule has 0 N–H and O–H groups in total. The summed E-state index contributed by atoms with van der Waals surface area (Å²) in [6, 6.07) is 13.1. The van der Waals surface area contributed by atoms with Crippen LogP contribution in [0.4, 0.5) is 4.39 Å². The van der Waals surface area contributed by atoms with Gasteiger partial charge in [0.25, 0.3) is 5.56 Å². The van der Waals surface area contributed by atoms with Gasteiger partial charge in [0, 0.05) is 13.5 Å². The molecule has 1 atom stereocenters. The van der Waals surface area contributed by atoms with Crippen LogP contribution in [0, 0.1) is 5.82 Å². The minimum Gasteiger partial charge on any atom is -0.379 e. The van der Waals surface area contributed by atoms with E-state index in [1.807, 2.05) is 13.0 Å². The number of allylic oxidation sites excluding steroid dienone is 1. The third-order valence-electron chi connectivity index (χ3n) is 6.32. The minimum absolute atomic E-state index is 0.0865. The summed E-state index contributed by atoms with van der Waals surface area (Å²) in [6.07, 6.45) is 3.66. The number of hydrogen-bond acceptors (Lipinski definition) is 7. The predicted molar refractivity (Wildman–Crippen MR) is 140 cm³/mol. The van der Waals surface area contributed by atoms with Gasteiger partial charge in [0.05, 0.1) is 12.6 Å². The van der Waals surface area contributed by atoms with E-state index in [-0.39, 0.29) is 36.1 Å². The summed E-state index contributed by atoms with van der Waals surface area (Å²) in [5, 5.41) is 0. The van der Waals surface area contributed by atoms with Gasteiger partial charge in [-0.25, -0.2) is 9.37 Å². The second-order valence-electron chi connectivity index (χ2n) is 9.00. The molecule has 0 amide bonds. The molecule has 0 spiro atoms. The van der Waals surface area contributed by atoms with Crippen LogP contribution in [-0.4, -0.2) is 37.0 Å². The lowest BCUT2D eigenvalue weighted by Gasteiger charge is -2.18. The minimum atomic E-state index is -4.44. The van der Waals surface area contributed by atoms with Gasteiger partial charge in [-0.2, -0.15) is 8.42 Å². The number of carbonyl (C=O) groups excluding carboxylic acids is 1. The molecule has 8 nitrogen and oxygen atoms in total. The van der Waals surface area contributed by atoms with Crippen molar-refractivity contribution >= 4 is 21.5 Å². The van der Waals surface area contributed by atoms with Crippen LogP contribution in [0.3, 0.4) is 0 Å². The third kappa shape index (κ3) is 6.08. The Hall–Kier alpha value is -3.63. The number of ether oxygens (including phenoxy) is 1. The number of carbonyl (C=O) groups is 1. The normalized spacial score (nSPS) is 15.3. The zero-order chi connectivity index (χ0) is 27.3. The highest BCUT2D eigenvalue weighted by atomic mass is 32.2. The van der Waals surface area contributed by atoms with Gasteiger partial charge in [-0.05, 0) is 54.7 Å². The molecule has 1 aromatic heterocycles. The van der Waals surface area contributed by atoms with Gasteiger partial charge in [-0.1, -0.05) is 49.8 Å². The van der Waals surface area contributed by atoms with Crippen molar-refractivity contribution in [1.82, 2.24) is 9.55 Å². The highest BCUT2D eigenvalue weighted by Gasteiger charge is 2.30. The Morgan fingerprint density at radius 2 is 1.82 bits per heavy atom. The van der Waals surface area contributed by atoms with Gasteiger partial charge in [-0.3, -0.25) is 14.2 Å². The summed E-state index contributed by atoms with van der Waals surface area (Å²) in [5.74, 6) is -1.30. The maximum absolute atomic E-state index is 13.8. The Balaban J connectivity index is 1.82. The van der Waals surface area contributed by atoms with Crippen molar-refractivity contribution in [3.05, 3.63) is 93.9 Å². The first-order valence-corrected chi connectivity index (χ1v) is 13.8. The summed E-state index contributed by atoms with van der Waals surface area (Å²) in [7, 11) is -2.90. The van der Waals surface area contributed by atoms with Crippen molar-refractivity contribution in [2.24, 2.45) is 0 Å². The quantitative estimate of drug-likeness (QED) is 0.274. The number of Topliss-reactive ketones (excluding diaryl/α,β-unsaturated/α-hetero) is 1. The molecule has 0 radical (unpaired) electrons. The Morgan fingerprint density at radius 3 is 2.47 bits per heavy atom. The van der Waals surface area contributed by atoms with Crippen LogP contribution >= 0.6 is 0 Å². The Morgan fingerprint density at radius 1 is 1.11 bits per heavy atom. The number of hydrogen-bond donors (Lipinski definition) is 0. The SMILES string of the molecule is CCCC1=CC[C@H](OC)Cn2c1nc(C(=O)CCc1ccc(F)cc1)c(OS(=O)(=O)c1ccccc1)c2=O. The monoisotopic (exact) mass is 540 g/mol. The predicted octanol–water partition coefficient (Wildman–Crippen LogP) is 4.57. The first-order chi connectivity index (χ1) is 18.2. The van der Waals surface area contributed by atoms with Gasteiger partial charge in [0.2, 0.25) is 5.75 Å². The lowest BCUT2D eigenvalue weighted by Crippen LogP contribution is -2.33. The molecule has 0 saturated heterocycles. The first kappa shape index (κ1) is 27.4. The lowest BCUT2D eigenvalue weighted by molar-refractivity contribution is 0.0896. The van der Waals surface area contributed by atoms with Gasteiger partial charge < -0.3 is 8.92 Å². The lowest BCUT2D eigenvalue weighted by atomic mass is 10.0. The maximum atomic E-state index is 13.8. The molecule has 200 valence electrons. The number of ketones is 1. The van der Waals surface area contributed by atoms with Crippen LogP contribution in [-0.2, 0) is 27.8 Å².